The molecule has 0 aliphatic heterocycles. The van der Waals surface area contributed by atoms with Crippen LogP contribution in [0.4, 0.5) is 4.79 Å². The molecule has 0 bridgehead atoms. The van der Waals surface area contributed by atoms with Crippen LogP contribution in [0.15, 0.2) is 24.3 Å². The van der Waals surface area contributed by atoms with Crippen LogP contribution < -0.4 is 5.32 Å². The molecular formula is C14H22N2O3. The fourth-order valence-corrected chi connectivity index (χ4v) is 2.11. The Kier molecular flexibility index (Phi) is 6.71. The van der Waals surface area contributed by atoms with Gasteiger partial charge in [0.2, 0.25) is 0 Å². The summed E-state index contributed by atoms with van der Waals surface area (Å²) >= 11 is 0. The average molecular weight is 266 g/mol. The molecule has 0 aromatic rings. The second-order valence-corrected chi connectivity index (χ2v) is 4.65. The van der Waals surface area contributed by atoms with Crippen molar-refractivity contribution in [3.8, 4) is 0 Å². The number of aliphatic carboxylic acids is 1. The number of hydrogen-bond donors (Lipinski definition) is 2. The van der Waals surface area contributed by atoms with E-state index in [2.05, 4.69) is 18.0 Å². The zero-order valence-corrected chi connectivity index (χ0v) is 11.2. The van der Waals surface area contributed by atoms with Gasteiger partial charge in [0.25, 0.3) is 0 Å². The number of carboxylic acid groups (broad SMARTS) is 1. The number of carbonyl (C=O) groups is 2. The van der Waals surface area contributed by atoms with E-state index >= 15 is 0 Å². The number of rotatable bonds is 7. The minimum atomic E-state index is -1.02. The summed E-state index contributed by atoms with van der Waals surface area (Å²) in [5.41, 5.74) is 1.39. The Morgan fingerprint density at radius 2 is 2.26 bits per heavy atom. The van der Waals surface area contributed by atoms with E-state index in [-0.39, 0.29) is 19.1 Å². The molecule has 0 aromatic carbocycles. The third-order valence-corrected chi connectivity index (χ3v) is 3.07. The highest BCUT2D eigenvalue weighted by Gasteiger charge is 2.14. The Morgan fingerprint density at radius 1 is 1.47 bits per heavy atom. The van der Waals surface area contributed by atoms with Crippen LogP contribution in [0.25, 0.3) is 0 Å². The van der Waals surface area contributed by atoms with Crippen molar-refractivity contribution < 1.29 is 14.7 Å². The normalized spacial score (nSPS) is 14.4. The molecule has 0 unspecified atom stereocenters. The quantitative estimate of drug-likeness (QED) is 0.694. The maximum Gasteiger partial charge on any atom is 0.323 e. The lowest BCUT2D eigenvalue weighted by Crippen LogP contribution is -2.43. The van der Waals surface area contributed by atoms with E-state index in [0.717, 1.165) is 19.3 Å². The van der Waals surface area contributed by atoms with Crippen molar-refractivity contribution >= 4 is 12.0 Å². The van der Waals surface area contributed by atoms with Gasteiger partial charge in [-0.2, -0.15) is 0 Å². The number of carbonyl (C=O) groups excluding carboxylic acids is 1. The van der Waals surface area contributed by atoms with Gasteiger partial charge in [-0.15, -0.1) is 6.58 Å². The van der Waals surface area contributed by atoms with Gasteiger partial charge in [0.1, 0.15) is 6.54 Å². The average Bonchev–Trinajstić information content (AvgIpc) is 2.39. The second kappa shape index (κ2) is 8.34. The first-order chi connectivity index (χ1) is 9.13. The Morgan fingerprint density at radius 3 is 2.84 bits per heavy atom. The van der Waals surface area contributed by atoms with Crippen molar-refractivity contribution in [1.29, 1.82) is 0 Å². The largest absolute Gasteiger partial charge is 0.480 e. The lowest BCUT2D eigenvalue weighted by atomic mass is 9.97. The Hall–Kier alpha value is -1.78. The molecule has 106 valence electrons. The molecule has 0 heterocycles. The van der Waals surface area contributed by atoms with Crippen LogP contribution >= 0.6 is 0 Å². The van der Waals surface area contributed by atoms with Crippen molar-refractivity contribution in [2.45, 2.75) is 32.1 Å². The topological polar surface area (TPSA) is 69.6 Å². The van der Waals surface area contributed by atoms with Crippen LogP contribution in [0.2, 0.25) is 0 Å². The number of hydrogen-bond acceptors (Lipinski definition) is 2. The highest BCUT2D eigenvalue weighted by Crippen LogP contribution is 2.19. The van der Waals surface area contributed by atoms with Gasteiger partial charge >= 0.3 is 12.0 Å². The van der Waals surface area contributed by atoms with Crippen LogP contribution in [0.3, 0.4) is 0 Å². The molecule has 0 fully saturated rings. The first-order valence-electron chi connectivity index (χ1n) is 6.67. The molecule has 1 aliphatic rings. The van der Waals surface area contributed by atoms with E-state index < -0.39 is 5.97 Å². The zero-order chi connectivity index (χ0) is 14.1. The third-order valence-electron chi connectivity index (χ3n) is 3.07. The molecule has 5 heteroatoms. The van der Waals surface area contributed by atoms with Gasteiger partial charge in [-0.1, -0.05) is 17.7 Å². The summed E-state index contributed by atoms with van der Waals surface area (Å²) in [6, 6.07) is -0.348. The third kappa shape index (κ3) is 6.08. The molecule has 1 rings (SSSR count). The summed E-state index contributed by atoms with van der Waals surface area (Å²) in [6.45, 7) is 4.01. The molecular weight excluding hydrogens is 244 g/mol. The SMILES string of the molecule is C=CCN(CC(=O)O)C(=O)NCCC1=CCCCC1. The van der Waals surface area contributed by atoms with Gasteiger partial charge in [0.15, 0.2) is 0 Å². The van der Waals surface area contributed by atoms with E-state index in [0.29, 0.717) is 6.54 Å². The fraction of sp³-hybridized carbons (Fsp3) is 0.571. The maximum absolute atomic E-state index is 11.8. The number of urea groups is 1. The van der Waals surface area contributed by atoms with Crippen LogP contribution in [-0.4, -0.2) is 41.6 Å². The van der Waals surface area contributed by atoms with Crippen molar-refractivity contribution in [2.24, 2.45) is 0 Å². The maximum atomic E-state index is 11.8. The predicted octanol–water partition coefficient (Wildman–Crippen LogP) is 2.16. The first-order valence-corrected chi connectivity index (χ1v) is 6.67. The number of nitrogens with one attached hydrogen (secondary N) is 1. The summed E-state index contributed by atoms with van der Waals surface area (Å²) in [5.74, 6) is -1.02. The molecule has 0 atom stereocenters. The monoisotopic (exact) mass is 266 g/mol. The lowest BCUT2D eigenvalue weighted by Gasteiger charge is -2.20. The summed E-state index contributed by atoms with van der Waals surface area (Å²) in [6.07, 6.45) is 9.33. The summed E-state index contributed by atoms with van der Waals surface area (Å²) in [7, 11) is 0. The first kappa shape index (κ1) is 15.3. The lowest BCUT2D eigenvalue weighted by molar-refractivity contribution is -0.137. The second-order valence-electron chi connectivity index (χ2n) is 4.65. The molecule has 1 aliphatic carbocycles. The summed E-state index contributed by atoms with van der Waals surface area (Å²) in [4.78, 5) is 23.7. The molecule has 2 N–H and O–H groups in total. The van der Waals surface area contributed by atoms with Crippen molar-refractivity contribution in [2.75, 3.05) is 19.6 Å². The van der Waals surface area contributed by atoms with E-state index in [1.165, 1.54) is 29.4 Å². The zero-order valence-electron chi connectivity index (χ0n) is 11.2. The van der Waals surface area contributed by atoms with E-state index in [4.69, 9.17) is 5.11 Å². The summed E-state index contributed by atoms with van der Waals surface area (Å²) < 4.78 is 0. The highest BCUT2D eigenvalue weighted by atomic mass is 16.4. The van der Waals surface area contributed by atoms with Crippen LogP contribution in [-0.2, 0) is 4.79 Å². The molecule has 0 radical (unpaired) electrons. The number of amides is 2. The smallest absolute Gasteiger partial charge is 0.323 e. The standard InChI is InChI=1S/C14H22N2O3/c1-2-10-16(11-13(17)18)14(19)15-9-8-12-6-4-3-5-7-12/h2,6H,1,3-5,7-11H2,(H,15,19)(H,17,18). The van der Waals surface area contributed by atoms with Gasteiger partial charge in [-0.3, -0.25) is 4.79 Å². The Labute approximate surface area is 114 Å². The molecule has 0 saturated carbocycles. The molecule has 19 heavy (non-hydrogen) atoms. The van der Waals surface area contributed by atoms with Crippen LogP contribution in [0.5, 0.6) is 0 Å². The highest BCUT2D eigenvalue weighted by molar-refractivity contribution is 5.80. The predicted molar refractivity (Wildman–Crippen MR) is 74.0 cm³/mol. The molecule has 5 nitrogen and oxygen atoms in total. The number of nitrogens with zero attached hydrogens (tertiary/aromatic N) is 1. The molecule has 0 aromatic heterocycles. The van der Waals surface area contributed by atoms with Gasteiger partial charge in [0.05, 0.1) is 0 Å². The van der Waals surface area contributed by atoms with Gasteiger partial charge in [-0.05, 0) is 32.1 Å². The Bertz CT molecular complexity index is 364. The Balaban J connectivity index is 2.32. The molecule has 0 spiro atoms. The van der Waals surface area contributed by atoms with Crippen LogP contribution in [0.1, 0.15) is 32.1 Å². The summed E-state index contributed by atoms with van der Waals surface area (Å²) in [5, 5.41) is 11.5. The van der Waals surface area contributed by atoms with Gasteiger partial charge in [0, 0.05) is 13.1 Å². The van der Waals surface area contributed by atoms with Crippen molar-refractivity contribution in [3.05, 3.63) is 24.3 Å². The molecule has 0 saturated heterocycles. The van der Waals surface area contributed by atoms with E-state index in [1.54, 1.807) is 0 Å². The minimum Gasteiger partial charge on any atom is -0.480 e. The number of allylic oxidation sites excluding steroid dienone is 1. The minimum absolute atomic E-state index is 0.237. The van der Waals surface area contributed by atoms with Crippen molar-refractivity contribution in [3.63, 3.8) is 0 Å². The number of carboxylic acids is 1. The van der Waals surface area contributed by atoms with E-state index in [1.807, 2.05) is 0 Å². The molecule has 2 amide bonds. The van der Waals surface area contributed by atoms with Crippen LogP contribution in [0, 0.1) is 0 Å². The van der Waals surface area contributed by atoms with Gasteiger partial charge in [-0.25, -0.2) is 4.79 Å². The van der Waals surface area contributed by atoms with Gasteiger partial charge < -0.3 is 15.3 Å². The van der Waals surface area contributed by atoms with Crippen molar-refractivity contribution in [1.82, 2.24) is 10.2 Å². The fourth-order valence-electron chi connectivity index (χ4n) is 2.11. The van der Waals surface area contributed by atoms with E-state index in [9.17, 15) is 9.59 Å².